The van der Waals surface area contributed by atoms with E-state index in [9.17, 15) is 31.4 Å². The lowest BCUT2D eigenvalue weighted by Crippen LogP contribution is -2.53. The Kier molecular flexibility index (Phi) is 4.14. The van der Waals surface area contributed by atoms with Crippen molar-refractivity contribution in [1.82, 2.24) is 0 Å². The molecule has 2 aliphatic rings. The Morgan fingerprint density at radius 2 is 1.80 bits per heavy atom. The molecule has 25 heavy (non-hydrogen) atoms. The van der Waals surface area contributed by atoms with Gasteiger partial charge in [-0.15, -0.1) is 0 Å². The van der Waals surface area contributed by atoms with Gasteiger partial charge in [-0.3, -0.25) is 0 Å². The van der Waals surface area contributed by atoms with Crippen LogP contribution < -0.4 is 4.90 Å². The van der Waals surface area contributed by atoms with Crippen molar-refractivity contribution in [3.05, 3.63) is 29.3 Å². The summed E-state index contributed by atoms with van der Waals surface area (Å²) in [6, 6.07) is 2.95. The van der Waals surface area contributed by atoms with E-state index < -0.39 is 35.6 Å². The molecular formula is C16H14F6N2O. The van der Waals surface area contributed by atoms with E-state index in [2.05, 4.69) is 0 Å². The Morgan fingerprint density at radius 1 is 1.12 bits per heavy atom. The van der Waals surface area contributed by atoms with Gasteiger partial charge in [-0.1, -0.05) is 0 Å². The molecule has 1 aromatic rings. The fourth-order valence-electron chi connectivity index (χ4n) is 3.51. The largest absolute Gasteiger partial charge is 0.417 e. The minimum absolute atomic E-state index is 0.0648. The number of piperidine rings is 1. The first-order valence-corrected chi connectivity index (χ1v) is 7.65. The molecule has 0 amide bonds. The number of hydrogen-bond donors (Lipinski definition) is 1. The van der Waals surface area contributed by atoms with Crippen LogP contribution in [0.15, 0.2) is 18.2 Å². The molecule has 0 spiro atoms. The average Bonchev–Trinajstić information content (AvgIpc) is 3.29. The van der Waals surface area contributed by atoms with E-state index in [4.69, 9.17) is 5.26 Å². The maximum Gasteiger partial charge on any atom is 0.417 e. The number of hydrogen-bond acceptors (Lipinski definition) is 3. The van der Waals surface area contributed by atoms with Gasteiger partial charge in [0.1, 0.15) is 0 Å². The predicted octanol–water partition coefficient (Wildman–Crippen LogP) is 3.72. The fourth-order valence-corrected chi connectivity index (χ4v) is 3.51. The van der Waals surface area contributed by atoms with Crippen LogP contribution in [0.2, 0.25) is 0 Å². The Labute approximate surface area is 139 Å². The number of rotatable bonds is 2. The van der Waals surface area contributed by atoms with Crippen molar-refractivity contribution in [2.24, 2.45) is 11.8 Å². The fraction of sp³-hybridized carbons (Fsp3) is 0.562. The summed E-state index contributed by atoms with van der Waals surface area (Å²) < 4.78 is 78.2. The second-order valence-corrected chi connectivity index (χ2v) is 6.54. The molecule has 1 heterocycles. The highest BCUT2D eigenvalue weighted by Crippen LogP contribution is 2.50. The van der Waals surface area contributed by atoms with Crippen LogP contribution in [0.4, 0.5) is 32.0 Å². The first-order valence-electron chi connectivity index (χ1n) is 7.65. The van der Waals surface area contributed by atoms with Crippen molar-refractivity contribution in [3.8, 4) is 6.07 Å². The molecule has 136 valence electrons. The number of alkyl halides is 6. The Morgan fingerprint density at radius 3 is 2.36 bits per heavy atom. The summed E-state index contributed by atoms with van der Waals surface area (Å²) in [4.78, 5) is 1.20. The summed E-state index contributed by atoms with van der Waals surface area (Å²) in [5, 5.41) is 18.5. The molecule has 1 saturated carbocycles. The van der Waals surface area contributed by atoms with E-state index in [0.717, 1.165) is 6.07 Å². The lowest BCUT2D eigenvalue weighted by Gasteiger charge is -2.40. The lowest BCUT2D eigenvalue weighted by molar-refractivity contribution is -0.211. The molecule has 1 aliphatic carbocycles. The summed E-state index contributed by atoms with van der Waals surface area (Å²) in [6.45, 7) is 0.158. The molecule has 0 radical (unpaired) electrons. The number of aliphatic hydroxyl groups excluding tert-OH is 1. The third kappa shape index (κ3) is 3.40. The van der Waals surface area contributed by atoms with Crippen molar-refractivity contribution in [2.75, 3.05) is 11.4 Å². The third-order valence-electron chi connectivity index (χ3n) is 4.91. The first-order chi connectivity index (χ1) is 11.5. The molecule has 3 nitrogen and oxygen atoms in total. The lowest BCUT2D eigenvalue weighted by atomic mass is 9.95. The second kappa shape index (κ2) is 5.80. The smallest absolute Gasteiger partial charge is 0.382 e. The van der Waals surface area contributed by atoms with Crippen LogP contribution in [0.25, 0.3) is 0 Å². The van der Waals surface area contributed by atoms with Crippen molar-refractivity contribution < 1.29 is 31.4 Å². The monoisotopic (exact) mass is 364 g/mol. The van der Waals surface area contributed by atoms with Crippen LogP contribution in [-0.2, 0) is 6.18 Å². The van der Waals surface area contributed by atoms with E-state index in [1.165, 1.54) is 17.0 Å². The molecule has 0 aromatic heterocycles. The van der Waals surface area contributed by atoms with E-state index in [0.29, 0.717) is 12.5 Å². The van der Waals surface area contributed by atoms with Gasteiger partial charge in [-0.2, -0.15) is 31.6 Å². The number of fused-ring (bicyclic) bond motifs is 1. The molecular weight excluding hydrogens is 350 g/mol. The van der Waals surface area contributed by atoms with Crippen molar-refractivity contribution in [2.45, 2.75) is 37.3 Å². The average molecular weight is 364 g/mol. The number of aliphatic hydroxyl groups is 1. The van der Waals surface area contributed by atoms with Crippen molar-refractivity contribution in [3.63, 3.8) is 0 Å². The third-order valence-corrected chi connectivity index (χ3v) is 4.91. The summed E-state index contributed by atoms with van der Waals surface area (Å²) in [7, 11) is 0. The topological polar surface area (TPSA) is 47.3 Å². The number of halogens is 6. The molecule has 1 aliphatic heterocycles. The second-order valence-electron chi connectivity index (χ2n) is 6.54. The summed E-state index contributed by atoms with van der Waals surface area (Å²) in [6.07, 6.45) is -11.5. The molecule has 9 heteroatoms. The van der Waals surface area contributed by atoms with E-state index >= 15 is 0 Å². The minimum atomic E-state index is -4.86. The van der Waals surface area contributed by atoms with Crippen LogP contribution in [0.3, 0.4) is 0 Å². The van der Waals surface area contributed by atoms with Gasteiger partial charge in [-0.05, 0) is 42.9 Å². The Bertz CT molecular complexity index is 708. The van der Waals surface area contributed by atoms with Gasteiger partial charge in [0.25, 0.3) is 0 Å². The molecule has 4 atom stereocenters. The highest BCUT2D eigenvalue weighted by atomic mass is 19.4. The van der Waals surface area contributed by atoms with Gasteiger partial charge in [0, 0.05) is 12.2 Å². The molecule has 1 aromatic carbocycles. The van der Waals surface area contributed by atoms with Crippen LogP contribution in [0.5, 0.6) is 0 Å². The summed E-state index contributed by atoms with van der Waals surface area (Å²) >= 11 is 0. The van der Waals surface area contributed by atoms with Crippen LogP contribution in [0, 0.1) is 23.2 Å². The first kappa shape index (κ1) is 17.9. The number of benzene rings is 1. The Balaban J connectivity index is 1.99. The molecule has 3 rings (SSSR count). The van der Waals surface area contributed by atoms with Crippen LogP contribution in [-0.4, -0.2) is 30.0 Å². The van der Waals surface area contributed by atoms with Gasteiger partial charge < -0.3 is 10.0 Å². The SMILES string of the molecule is N#Cc1ccc(N2C[C@H]3C[C@H]3C[C@@H]2[C@H](O)C(F)(F)F)cc1C(F)(F)F. The van der Waals surface area contributed by atoms with Gasteiger partial charge in [-0.25, -0.2) is 0 Å². The summed E-state index contributed by atoms with van der Waals surface area (Å²) in [5.41, 5.74) is -1.85. The zero-order valence-electron chi connectivity index (χ0n) is 12.8. The van der Waals surface area contributed by atoms with E-state index in [1.54, 1.807) is 0 Å². The van der Waals surface area contributed by atoms with E-state index in [1.807, 2.05) is 0 Å². The molecule has 1 saturated heterocycles. The Hall–Kier alpha value is -1.95. The minimum Gasteiger partial charge on any atom is -0.382 e. The molecule has 0 bridgehead atoms. The highest BCUT2D eigenvalue weighted by Gasteiger charge is 2.53. The van der Waals surface area contributed by atoms with Gasteiger partial charge in [0.15, 0.2) is 6.10 Å². The van der Waals surface area contributed by atoms with Gasteiger partial charge in [0.05, 0.1) is 23.2 Å². The van der Waals surface area contributed by atoms with Crippen LogP contribution >= 0.6 is 0 Å². The van der Waals surface area contributed by atoms with E-state index in [-0.39, 0.29) is 30.5 Å². The molecule has 0 unspecified atom stereocenters. The van der Waals surface area contributed by atoms with Gasteiger partial charge >= 0.3 is 12.4 Å². The highest BCUT2D eigenvalue weighted by molar-refractivity contribution is 5.56. The van der Waals surface area contributed by atoms with Crippen molar-refractivity contribution in [1.29, 1.82) is 5.26 Å². The number of nitrogens with zero attached hydrogens (tertiary/aromatic N) is 2. The quantitative estimate of drug-likeness (QED) is 0.814. The predicted molar refractivity (Wildman–Crippen MR) is 75.6 cm³/mol. The zero-order valence-corrected chi connectivity index (χ0v) is 12.8. The standard InChI is InChI=1S/C16H14F6N2O/c17-15(18,19)12-5-11(2-1-8(12)6-23)24-7-10-3-9(10)4-13(24)14(25)16(20,21)22/h1-2,5,9-10,13-14,25H,3-4,7H2/t9-,10+,13+,14-/m0/s1. The number of nitriles is 1. The van der Waals surface area contributed by atoms with Crippen LogP contribution in [0.1, 0.15) is 24.0 Å². The maximum absolute atomic E-state index is 13.1. The maximum atomic E-state index is 13.1. The molecule has 1 N–H and O–H groups in total. The van der Waals surface area contributed by atoms with Crippen molar-refractivity contribution >= 4 is 5.69 Å². The molecule has 2 fully saturated rings. The van der Waals surface area contributed by atoms with Gasteiger partial charge in [0.2, 0.25) is 0 Å². The zero-order chi connectivity index (χ0) is 18.6. The normalized spacial score (nSPS) is 27.4. The summed E-state index contributed by atoms with van der Waals surface area (Å²) in [5.74, 6) is 0.195. The number of anilines is 1.